The number of thiophene rings is 1. The number of aromatic nitrogens is 2. The standard InChI is InChI=1S/C26H24N4O2S2/c1-14-9-8-12-21(15(14)2)30-25(32)22-16(3)17(4)33-24(22)29-26(30)34-18(5)23(31)28-20-11-7-6-10-19(20)13-27/h6-12,18H,1-5H3,(H,28,31). The van der Waals surface area contributed by atoms with E-state index in [1.54, 1.807) is 35.8 Å². The number of amides is 1. The molecular formula is C26H24N4O2S2. The predicted molar refractivity (Wildman–Crippen MR) is 139 cm³/mol. The summed E-state index contributed by atoms with van der Waals surface area (Å²) in [6, 6.07) is 14.8. The van der Waals surface area contributed by atoms with Crippen LogP contribution in [0.1, 0.15) is 34.1 Å². The minimum atomic E-state index is -0.561. The van der Waals surface area contributed by atoms with E-state index in [-0.39, 0.29) is 11.5 Å². The molecule has 172 valence electrons. The minimum Gasteiger partial charge on any atom is -0.324 e. The van der Waals surface area contributed by atoms with Crippen molar-refractivity contribution in [3.8, 4) is 11.8 Å². The van der Waals surface area contributed by atoms with Crippen LogP contribution in [-0.4, -0.2) is 20.7 Å². The molecule has 1 amide bonds. The van der Waals surface area contributed by atoms with E-state index in [1.165, 1.54) is 23.1 Å². The van der Waals surface area contributed by atoms with Crippen LogP contribution in [0.4, 0.5) is 5.69 Å². The number of aryl methyl sites for hydroxylation is 3. The van der Waals surface area contributed by atoms with Gasteiger partial charge in [0.15, 0.2) is 5.16 Å². The van der Waals surface area contributed by atoms with Gasteiger partial charge in [0.1, 0.15) is 10.9 Å². The summed E-state index contributed by atoms with van der Waals surface area (Å²) in [6.07, 6.45) is 0. The fraction of sp³-hybridized carbons (Fsp3) is 0.231. The highest BCUT2D eigenvalue weighted by Crippen LogP contribution is 2.32. The lowest BCUT2D eigenvalue weighted by Crippen LogP contribution is -2.26. The molecule has 8 heteroatoms. The second-order valence-electron chi connectivity index (χ2n) is 8.12. The Hall–Kier alpha value is -3.41. The van der Waals surface area contributed by atoms with Crippen molar-refractivity contribution < 1.29 is 4.79 Å². The Labute approximate surface area is 206 Å². The van der Waals surface area contributed by atoms with Crippen molar-refractivity contribution in [2.75, 3.05) is 5.32 Å². The van der Waals surface area contributed by atoms with Crippen LogP contribution in [0.3, 0.4) is 0 Å². The van der Waals surface area contributed by atoms with Crippen LogP contribution >= 0.6 is 23.1 Å². The topological polar surface area (TPSA) is 87.8 Å². The molecule has 0 radical (unpaired) electrons. The number of carbonyl (C=O) groups is 1. The third-order valence-electron chi connectivity index (χ3n) is 5.95. The quantitative estimate of drug-likeness (QED) is 0.289. The minimum absolute atomic E-state index is 0.134. The van der Waals surface area contributed by atoms with Gasteiger partial charge in [-0.15, -0.1) is 11.3 Å². The lowest BCUT2D eigenvalue weighted by atomic mass is 10.1. The molecular weight excluding hydrogens is 464 g/mol. The second-order valence-corrected chi connectivity index (χ2v) is 10.6. The third-order valence-corrected chi connectivity index (χ3v) is 8.10. The highest BCUT2D eigenvalue weighted by atomic mass is 32.2. The second kappa shape index (κ2) is 9.45. The lowest BCUT2D eigenvalue weighted by molar-refractivity contribution is -0.115. The number of hydrogen-bond acceptors (Lipinski definition) is 6. The molecule has 0 fully saturated rings. The fourth-order valence-electron chi connectivity index (χ4n) is 3.68. The highest BCUT2D eigenvalue weighted by molar-refractivity contribution is 8.00. The molecule has 0 aliphatic rings. The summed E-state index contributed by atoms with van der Waals surface area (Å²) in [7, 11) is 0. The van der Waals surface area contributed by atoms with Crippen LogP contribution < -0.4 is 10.9 Å². The van der Waals surface area contributed by atoms with Gasteiger partial charge in [0.25, 0.3) is 5.56 Å². The van der Waals surface area contributed by atoms with Gasteiger partial charge in [0.05, 0.1) is 27.6 Å². The van der Waals surface area contributed by atoms with Gasteiger partial charge in [-0.1, -0.05) is 36.0 Å². The Morgan fingerprint density at radius 1 is 1.12 bits per heavy atom. The number of benzene rings is 2. The number of thioether (sulfide) groups is 1. The zero-order valence-corrected chi connectivity index (χ0v) is 21.2. The van der Waals surface area contributed by atoms with E-state index in [1.807, 2.05) is 45.9 Å². The molecule has 2 aromatic carbocycles. The maximum Gasteiger partial charge on any atom is 0.267 e. The molecule has 0 aliphatic heterocycles. The van der Waals surface area contributed by atoms with Crippen LogP contribution in [0, 0.1) is 39.0 Å². The molecule has 1 atom stereocenters. The number of rotatable bonds is 5. The van der Waals surface area contributed by atoms with Gasteiger partial charge < -0.3 is 5.32 Å². The summed E-state index contributed by atoms with van der Waals surface area (Å²) in [5.74, 6) is -0.270. The van der Waals surface area contributed by atoms with Crippen LogP contribution in [0.25, 0.3) is 15.9 Å². The SMILES string of the molecule is Cc1cccc(-n2c(SC(C)C(=O)Nc3ccccc3C#N)nc3sc(C)c(C)c3c2=O)c1C. The Morgan fingerprint density at radius 3 is 2.59 bits per heavy atom. The summed E-state index contributed by atoms with van der Waals surface area (Å²) >= 11 is 2.72. The fourth-order valence-corrected chi connectivity index (χ4v) is 5.67. The summed E-state index contributed by atoms with van der Waals surface area (Å²) in [4.78, 5) is 33.3. The van der Waals surface area contributed by atoms with Crippen molar-refractivity contribution in [1.29, 1.82) is 5.26 Å². The molecule has 1 unspecified atom stereocenters. The van der Waals surface area contributed by atoms with Crippen LogP contribution in [0.15, 0.2) is 52.4 Å². The largest absolute Gasteiger partial charge is 0.324 e. The summed E-state index contributed by atoms with van der Waals surface area (Å²) < 4.78 is 1.63. The zero-order valence-electron chi connectivity index (χ0n) is 19.6. The molecule has 2 aromatic heterocycles. The smallest absolute Gasteiger partial charge is 0.267 e. The van der Waals surface area contributed by atoms with Crippen molar-refractivity contribution >= 4 is 44.9 Å². The van der Waals surface area contributed by atoms with Crippen molar-refractivity contribution in [1.82, 2.24) is 9.55 Å². The Bertz CT molecular complexity index is 1530. The number of nitrogens with one attached hydrogen (secondary N) is 1. The molecule has 0 aliphatic carbocycles. The van der Waals surface area contributed by atoms with E-state index in [2.05, 4.69) is 11.4 Å². The first-order chi connectivity index (χ1) is 16.2. The van der Waals surface area contributed by atoms with Crippen LogP contribution in [-0.2, 0) is 4.79 Å². The van der Waals surface area contributed by atoms with E-state index in [0.717, 1.165) is 27.3 Å². The monoisotopic (exact) mass is 488 g/mol. The Morgan fingerprint density at radius 2 is 1.85 bits per heavy atom. The average Bonchev–Trinajstić information content (AvgIpc) is 3.10. The van der Waals surface area contributed by atoms with Crippen molar-refractivity contribution in [2.45, 2.75) is 45.0 Å². The molecule has 2 heterocycles. The number of para-hydroxylation sites is 1. The molecule has 4 aromatic rings. The van der Waals surface area contributed by atoms with Crippen molar-refractivity contribution in [2.24, 2.45) is 0 Å². The number of carbonyl (C=O) groups excluding carboxylic acids is 1. The highest BCUT2D eigenvalue weighted by Gasteiger charge is 2.23. The van der Waals surface area contributed by atoms with Gasteiger partial charge in [-0.2, -0.15) is 5.26 Å². The number of nitrogens with zero attached hydrogens (tertiary/aromatic N) is 3. The molecule has 0 saturated heterocycles. The van der Waals surface area contributed by atoms with Gasteiger partial charge in [0, 0.05) is 4.88 Å². The first kappa shape index (κ1) is 23.7. The summed E-state index contributed by atoms with van der Waals surface area (Å²) in [5, 5.41) is 12.7. The zero-order chi connectivity index (χ0) is 24.6. The maximum absolute atomic E-state index is 13.8. The normalized spacial score (nSPS) is 11.9. The van der Waals surface area contributed by atoms with Crippen LogP contribution in [0.2, 0.25) is 0 Å². The van der Waals surface area contributed by atoms with Crippen molar-refractivity contribution in [3.05, 3.63) is 79.9 Å². The molecule has 34 heavy (non-hydrogen) atoms. The third kappa shape index (κ3) is 4.25. The first-order valence-corrected chi connectivity index (χ1v) is 12.5. The maximum atomic E-state index is 13.8. The van der Waals surface area contributed by atoms with Gasteiger partial charge in [0.2, 0.25) is 5.91 Å². The molecule has 4 rings (SSSR count). The molecule has 0 spiro atoms. The molecule has 1 N–H and O–H groups in total. The van der Waals surface area contributed by atoms with E-state index < -0.39 is 5.25 Å². The Kier molecular flexibility index (Phi) is 6.60. The number of hydrogen-bond donors (Lipinski definition) is 1. The summed E-state index contributed by atoms with van der Waals surface area (Å²) in [5.41, 5.74) is 4.46. The van der Waals surface area contributed by atoms with E-state index in [4.69, 9.17) is 4.98 Å². The van der Waals surface area contributed by atoms with Crippen molar-refractivity contribution in [3.63, 3.8) is 0 Å². The Balaban J connectivity index is 1.80. The van der Waals surface area contributed by atoms with Crippen LogP contribution in [0.5, 0.6) is 0 Å². The molecule has 0 bridgehead atoms. The van der Waals surface area contributed by atoms with Gasteiger partial charge in [-0.05, 0) is 69.5 Å². The number of fused-ring (bicyclic) bond motifs is 1. The predicted octanol–water partition coefficient (Wildman–Crippen LogP) is 5.67. The van der Waals surface area contributed by atoms with Gasteiger partial charge in [-0.3, -0.25) is 14.2 Å². The summed E-state index contributed by atoms with van der Waals surface area (Å²) in [6.45, 7) is 9.69. The van der Waals surface area contributed by atoms with E-state index in [9.17, 15) is 14.9 Å². The van der Waals surface area contributed by atoms with Gasteiger partial charge >= 0.3 is 0 Å². The molecule has 6 nitrogen and oxygen atoms in total. The number of anilines is 1. The van der Waals surface area contributed by atoms with Gasteiger partial charge in [-0.25, -0.2) is 4.98 Å². The van der Waals surface area contributed by atoms with E-state index >= 15 is 0 Å². The number of nitriles is 1. The lowest BCUT2D eigenvalue weighted by Gasteiger charge is -2.18. The van der Waals surface area contributed by atoms with E-state index in [0.29, 0.717) is 26.6 Å². The average molecular weight is 489 g/mol. The molecule has 0 saturated carbocycles. The first-order valence-electron chi connectivity index (χ1n) is 10.8.